The van der Waals surface area contributed by atoms with Crippen LogP contribution >= 0.6 is 23.2 Å². The molecule has 0 spiro atoms. The van der Waals surface area contributed by atoms with E-state index < -0.39 is 0 Å². The van der Waals surface area contributed by atoms with Crippen LogP contribution in [-0.2, 0) is 6.42 Å². The van der Waals surface area contributed by atoms with Gasteiger partial charge in [-0.25, -0.2) is 9.97 Å². The molecule has 1 fully saturated rings. The fourth-order valence-corrected chi connectivity index (χ4v) is 3.71. The predicted molar refractivity (Wildman–Crippen MR) is 81.0 cm³/mol. The zero-order valence-corrected chi connectivity index (χ0v) is 13.3. The molecule has 19 heavy (non-hydrogen) atoms. The lowest BCUT2D eigenvalue weighted by molar-refractivity contribution is 0.302. The Kier molecular flexibility index (Phi) is 5.47. The Hall–Kier alpha value is -0.340. The van der Waals surface area contributed by atoms with Crippen LogP contribution in [0.25, 0.3) is 0 Å². The lowest BCUT2D eigenvalue weighted by Gasteiger charge is -2.27. The molecule has 4 heteroatoms. The van der Waals surface area contributed by atoms with Gasteiger partial charge in [0, 0.05) is 11.5 Å². The smallest absolute Gasteiger partial charge is 0.137 e. The van der Waals surface area contributed by atoms with Gasteiger partial charge in [0.05, 0.1) is 0 Å². The fraction of sp³-hybridized carbons (Fsp3) is 0.733. The zero-order chi connectivity index (χ0) is 13.8. The molecule has 0 bridgehead atoms. The summed E-state index contributed by atoms with van der Waals surface area (Å²) in [6, 6.07) is 0. The molecule has 0 unspecified atom stereocenters. The molecule has 0 amide bonds. The summed E-state index contributed by atoms with van der Waals surface area (Å²) in [4.78, 5) is 8.94. The highest BCUT2D eigenvalue weighted by molar-refractivity contribution is 6.34. The Bertz CT molecular complexity index is 403. The zero-order valence-electron chi connectivity index (χ0n) is 11.8. The number of aromatic nitrogens is 2. The molecule has 1 heterocycles. The molecule has 1 saturated carbocycles. The standard InChI is InChI=1S/C15H22Cl2N2/c1-3-5-10-6-8-11(9-7-10)15-18-13(16)12(4-2)14(17)19-15/h10-11H,3-9H2,1-2H3. The second-order valence-corrected chi connectivity index (χ2v) is 6.22. The molecule has 0 atom stereocenters. The van der Waals surface area contributed by atoms with E-state index in [9.17, 15) is 0 Å². The Labute approximate surface area is 125 Å². The van der Waals surface area contributed by atoms with Crippen molar-refractivity contribution in [3.8, 4) is 0 Å². The minimum atomic E-state index is 0.439. The number of halogens is 2. The van der Waals surface area contributed by atoms with E-state index in [1.807, 2.05) is 6.92 Å². The van der Waals surface area contributed by atoms with Crippen molar-refractivity contribution in [3.63, 3.8) is 0 Å². The Morgan fingerprint density at radius 2 is 1.58 bits per heavy atom. The van der Waals surface area contributed by atoms with Crippen molar-refractivity contribution in [2.45, 2.75) is 64.7 Å². The van der Waals surface area contributed by atoms with Gasteiger partial charge in [-0.05, 0) is 38.0 Å². The third kappa shape index (κ3) is 3.61. The highest BCUT2D eigenvalue weighted by Crippen LogP contribution is 2.37. The van der Waals surface area contributed by atoms with Gasteiger partial charge in [-0.3, -0.25) is 0 Å². The second-order valence-electron chi connectivity index (χ2n) is 5.50. The van der Waals surface area contributed by atoms with Crippen LogP contribution in [0.1, 0.15) is 69.7 Å². The van der Waals surface area contributed by atoms with Crippen LogP contribution in [0, 0.1) is 5.92 Å². The van der Waals surface area contributed by atoms with Crippen LogP contribution < -0.4 is 0 Å². The average Bonchev–Trinajstić information content (AvgIpc) is 2.39. The van der Waals surface area contributed by atoms with Crippen LogP contribution in [0.5, 0.6) is 0 Å². The normalized spacial score (nSPS) is 23.6. The van der Waals surface area contributed by atoms with Gasteiger partial charge in [-0.15, -0.1) is 0 Å². The van der Waals surface area contributed by atoms with Crippen molar-refractivity contribution in [2.75, 3.05) is 0 Å². The Morgan fingerprint density at radius 3 is 2.05 bits per heavy atom. The van der Waals surface area contributed by atoms with E-state index in [4.69, 9.17) is 23.2 Å². The maximum absolute atomic E-state index is 6.20. The van der Waals surface area contributed by atoms with E-state index in [0.717, 1.165) is 23.7 Å². The maximum Gasteiger partial charge on any atom is 0.137 e. The number of hydrogen-bond donors (Lipinski definition) is 0. The quantitative estimate of drug-likeness (QED) is 0.694. The van der Waals surface area contributed by atoms with Crippen molar-refractivity contribution in [2.24, 2.45) is 5.92 Å². The molecule has 0 saturated heterocycles. The molecule has 1 aliphatic carbocycles. The first-order valence-corrected chi connectivity index (χ1v) is 8.13. The Balaban J connectivity index is 2.07. The van der Waals surface area contributed by atoms with Crippen LogP contribution in [0.15, 0.2) is 0 Å². The van der Waals surface area contributed by atoms with E-state index >= 15 is 0 Å². The third-order valence-corrected chi connectivity index (χ3v) is 4.81. The molecule has 1 aromatic heterocycles. The minimum absolute atomic E-state index is 0.439. The highest BCUT2D eigenvalue weighted by Gasteiger charge is 2.25. The summed E-state index contributed by atoms with van der Waals surface area (Å²) in [5, 5.41) is 1.07. The average molecular weight is 301 g/mol. The third-order valence-electron chi connectivity index (χ3n) is 4.19. The van der Waals surface area contributed by atoms with Gasteiger partial charge in [0.25, 0.3) is 0 Å². The summed E-state index contributed by atoms with van der Waals surface area (Å²) in [5.41, 5.74) is 0.867. The summed E-state index contributed by atoms with van der Waals surface area (Å²) >= 11 is 12.4. The lowest BCUT2D eigenvalue weighted by Crippen LogP contribution is -2.16. The summed E-state index contributed by atoms with van der Waals surface area (Å²) in [5.74, 6) is 2.18. The summed E-state index contributed by atoms with van der Waals surface area (Å²) in [6.45, 7) is 4.28. The minimum Gasteiger partial charge on any atom is -0.221 e. The van der Waals surface area contributed by atoms with Crippen molar-refractivity contribution in [1.29, 1.82) is 0 Å². The SMILES string of the molecule is CCCC1CCC(c2nc(Cl)c(CC)c(Cl)n2)CC1. The van der Waals surface area contributed by atoms with E-state index in [1.165, 1.54) is 38.5 Å². The molecule has 0 N–H and O–H groups in total. The second kappa shape index (κ2) is 6.90. The first-order valence-electron chi connectivity index (χ1n) is 7.37. The number of hydrogen-bond acceptors (Lipinski definition) is 2. The molecular weight excluding hydrogens is 279 g/mol. The summed E-state index contributed by atoms with van der Waals surface area (Å²) in [7, 11) is 0. The molecule has 2 nitrogen and oxygen atoms in total. The number of nitrogens with zero attached hydrogens (tertiary/aromatic N) is 2. The van der Waals surface area contributed by atoms with Gasteiger partial charge >= 0.3 is 0 Å². The monoisotopic (exact) mass is 300 g/mol. The van der Waals surface area contributed by atoms with Gasteiger partial charge < -0.3 is 0 Å². The summed E-state index contributed by atoms with van der Waals surface area (Å²) in [6.07, 6.45) is 8.32. The van der Waals surface area contributed by atoms with E-state index in [-0.39, 0.29) is 0 Å². The van der Waals surface area contributed by atoms with Crippen molar-refractivity contribution >= 4 is 23.2 Å². The molecule has 0 aromatic carbocycles. The van der Waals surface area contributed by atoms with Gasteiger partial charge in [-0.2, -0.15) is 0 Å². The lowest BCUT2D eigenvalue weighted by atomic mass is 9.80. The van der Waals surface area contributed by atoms with Gasteiger partial charge in [0.1, 0.15) is 16.1 Å². The fourth-order valence-electron chi connectivity index (χ4n) is 3.04. The van der Waals surface area contributed by atoms with Crippen LogP contribution in [0.2, 0.25) is 10.3 Å². The van der Waals surface area contributed by atoms with Gasteiger partial charge in [0.15, 0.2) is 0 Å². The van der Waals surface area contributed by atoms with Crippen LogP contribution in [0.4, 0.5) is 0 Å². The molecule has 106 valence electrons. The number of rotatable bonds is 4. The molecule has 1 aromatic rings. The van der Waals surface area contributed by atoms with Crippen LogP contribution in [0.3, 0.4) is 0 Å². The van der Waals surface area contributed by atoms with Crippen molar-refractivity contribution in [1.82, 2.24) is 9.97 Å². The largest absolute Gasteiger partial charge is 0.221 e. The van der Waals surface area contributed by atoms with E-state index in [0.29, 0.717) is 16.2 Å². The maximum atomic E-state index is 6.20. The molecular formula is C15H22Cl2N2. The van der Waals surface area contributed by atoms with Crippen LogP contribution in [-0.4, -0.2) is 9.97 Å². The van der Waals surface area contributed by atoms with E-state index in [2.05, 4.69) is 16.9 Å². The summed E-state index contributed by atoms with van der Waals surface area (Å²) < 4.78 is 0. The molecule has 2 rings (SSSR count). The van der Waals surface area contributed by atoms with Crippen molar-refractivity contribution < 1.29 is 0 Å². The van der Waals surface area contributed by atoms with Gasteiger partial charge in [-0.1, -0.05) is 49.9 Å². The first-order chi connectivity index (χ1) is 9.15. The van der Waals surface area contributed by atoms with Crippen molar-refractivity contribution in [3.05, 3.63) is 21.7 Å². The molecule has 0 aliphatic heterocycles. The van der Waals surface area contributed by atoms with Gasteiger partial charge in [0.2, 0.25) is 0 Å². The van der Waals surface area contributed by atoms with E-state index in [1.54, 1.807) is 0 Å². The molecule has 1 aliphatic rings. The Morgan fingerprint density at radius 1 is 1.00 bits per heavy atom. The topological polar surface area (TPSA) is 25.8 Å². The highest BCUT2D eigenvalue weighted by atomic mass is 35.5. The first kappa shape index (κ1) is 15.1. The predicted octanol–water partition coefficient (Wildman–Crippen LogP) is 5.42. The molecule has 0 radical (unpaired) electrons.